The predicted molar refractivity (Wildman–Crippen MR) is 125 cm³/mol. The number of halogens is 1. The second kappa shape index (κ2) is 9.53. The first-order chi connectivity index (χ1) is 15.1. The highest BCUT2D eigenvalue weighted by Gasteiger charge is 2.28. The number of carbonyl (C=O) groups is 1. The maximum atomic E-state index is 13.3. The van der Waals surface area contributed by atoms with Gasteiger partial charge in [-0.3, -0.25) is 9.10 Å². The molecular weight excluding hydrogens is 427 g/mol. The molecule has 0 aliphatic heterocycles. The van der Waals surface area contributed by atoms with E-state index in [4.69, 9.17) is 0 Å². The zero-order valence-corrected chi connectivity index (χ0v) is 19.4. The van der Waals surface area contributed by atoms with Crippen molar-refractivity contribution in [3.8, 4) is 0 Å². The molecule has 0 aliphatic rings. The number of rotatable bonds is 7. The highest BCUT2D eigenvalue weighted by Crippen LogP contribution is 2.25. The maximum absolute atomic E-state index is 13.3. The van der Waals surface area contributed by atoms with Crippen LogP contribution in [-0.2, 0) is 14.8 Å². The Morgan fingerprint density at radius 2 is 1.53 bits per heavy atom. The van der Waals surface area contributed by atoms with Crippen LogP contribution in [0.25, 0.3) is 0 Å². The van der Waals surface area contributed by atoms with Gasteiger partial charge in [-0.2, -0.15) is 0 Å². The van der Waals surface area contributed by atoms with Gasteiger partial charge in [0.05, 0.1) is 16.6 Å². The fourth-order valence-electron chi connectivity index (χ4n) is 3.57. The van der Waals surface area contributed by atoms with E-state index in [1.165, 1.54) is 12.1 Å². The summed E-state index contributed by atoms with van der Waals surface area (Å²) in [6.07, 6.45) is 0. The molecule has 0 saturated carbocycles. The molecule has 0 bridgehead atoms. The molecule has 0 saturated heterocycles. The van der Waals surface area contributed by atoms with E-state index in [0.717, 1.165) is 38.7 Å². The van der Waals surface area contributed by atoms with Gasteiger partial charge >= 0.3 is 0 Å². The molecule has 0 aromatic heterocycles. The largest absolute Gasteiger partial charge is 0.348 e. The third-order valence-corrected chi connectivity index (χ3v) is 7.07. The van der Waals surface area contributed by atoms with Crippen LogP contribution >= 0.6 is 0 Å². The molecule has 1 N–H and O–H groups in total. The van der Waals surface area contributed by atoms with E-state index < -0.39 is 28.3 Å². The van der Waals surface area contributed by atoms with Crippen molar-refractivity contribution in [2.24, 2.45) is 0 Å². The quantitative estimate of drug-likeness (QED) is 0.556. The van der Waals surface area contributed by atoms with Gasteiger partial charge in [0.1, 0.15) is 12.4 Å². The van der Waals surface area contributed by atoms with Crippen LogP contribution in [0.4, 0.5) is 10.1 Å². The molecule has 5 nitrogen and oxygen atoms in total. The summed E-state index contributed by atoms with van der Waals surface area (Å²) in [4.78, 5) is 12.8. The van der Waals surface area contributed by atoms with Crippen LogP contribution in [0.3, 0.4) is 0 Å². The number of hydrogen-bond acceptors (Lipinski definition) is 3. The first kappa shape index (κ1) is 23.5. The van der Waals surface area contributed by atoms with Crippen LogP contribution in [0, 0.1) is 26.6 Å². The Kier molecular flexibility index (Phi) is 6.99. The van der Waals surface area contributed by atoms with Crippen molar-refractivity contribution in [1.29, 1.82) is 0 Å². The van der Waals surface area contributed by atoms with E-state index in [-0.39, 0.29) is 10.9 Å². The van der Waals surface area contributed by atoms with Gasteiger partial charge < -0.3 is 5.32 Å². The molecule has 3 aromatic carbocycles. The number of aryl methyl sites for hydroxylation is 3. The van der Waals surface area contributed by atoms with Gasteiger partial charge in [-0.25, -0.2) is 12.8 Å². The van der Waals surface area contributed by atoms with Gasteiger partial charge in [0.2, 0.25) is 5.91 Å². The minimum atomic E-state index is -4.09. The molecule has 0 heterocycles. The fraction of sp³-hybridized carbons (Fsp3) is 0.240. The first-order valence-corrected chi connectivity index (χ1v) is 11.7. The van der Waals surface area contributed by atoms with Crippen molar-refractivity contribution < 1.29 is 17.6 Å². The van der Waals surface area contributed by atoms with Crippen molar-refractivity contribution >= 4 is 21.6 Å². The fourth-order valence-corrected chi connectivity index (χ4v) is 4.99. The summed E-state index contributed by atoms with van der Waals surface area (Å²) in [7, 11) is -4.09. The van der Waals surface area contributed by atoms with Crippen molar-refractivity contribution in [2.45, 2.75) is 38.6 Å². The van der Waals surface area contributed by atoms with E-state index in [2.05, 4.69) is 5.32 Å². The average Bonchev–Trinajstić information content (AvgIpc) is 2.73. The van der Waals surface area contributed by atoms with Crippen LogP contribution in [0.2, 0.25) is 0 Å². The minimum absolute atomic E-state index is 0.0882. The molecule has 3 aromatic rings. The number of sulfonamides is 1. The highest BCUT2D eigenvalue weighted by molar-refractivity contribution is 7.92. The van der Waals surface area contributed by atoms with Crippen molar-refractivity contribution in [2.75, 3.05) is 10.8 Å². The van der Waals surface area contributed by atoms with E-state index >= 15 is 0 Å². The maximum Gasteiger partial charge on any atom is 0.264 e. The smallest absolute Gasteiger partial charge is 0.264 e. The van der Waals surface area contributed by atoms with Crippen LogP contribution in [-0.4, -0.2) is 20.9 Å². The Morgan fingerprint density at radius 1 is 0.938 bits per heavy atom. The van der Waals surface area contributed by atoms with Crippen LogP contribution < -0.4 is 9.62 Å². The zero-order chi connectivity index (χ0) is 23.5. The summed E-state index contributed by atoms with van der Waals surface area (Å²) in [5.74, 6) is -0.977. The molecule has 1 amide bonds. The molecule has 32 heavy (non-hydrogen) atoms. The Morgan fingerprint density at radius 3 is 2.12 bits per heavy atom. The topological polar surface area (TPSA) is 66.5 Å². The summed E-state index contributed by atoms with van der Waals surface area (Å²) in [5, 5.41) is 2.90. The number of hydrogen-bond donors (Lipinski definition) is 1. The summed E-state index contributed by atoms with van der Waals surface area (Å²) >= 11 is 0. The van der Waals surface area contributed by atoms with Crippen molar-refractivity contribution in [3.63, 3.8) is 0 Å². The standard InChI is InChI=1S/C25H27FN2O3S/c1-17-5-10-22(11-6-17)28(32(30,31)23-12-8-21(26)9-13-23)16-25(29)27-20(4)24-14-7-18(2)15-19(24)3/h5-15,20H,16H2,1-4H3,(H,27,29)/t20-/m0/s1. The number of carbonyl (C=O) groups excluding carboxylic acids is 1. The lowest BCUT2D eigenvalue weighted by Crippen LogP contribution is -2.41. The number of anilines is 1. The summed E-state index contributed by atoms with van der Waals surface area (Å²) in [5.41, 5.74) is 4.45. The van der Waals surface area contributed by atoms with Gasteiger partial charge in [0.25, 0.3) is 10.0 Å². The molecular formula is C25H27FN2O3S. The zero-order valence-electron chi connectivity index (χ0n) is 18.6. The van der Waals surface area contributed by atoms with Crippen LogP contribution in [0.15, 0.2) is 71.6 Å². The first-order valence-electron chi connectivity index (χ1n) is 10.3. The van der Waals surface area contributed by atoms with Gasteiger partial charge in [-0.15, -0.1) is 0 Å². The molecule has 0 unspecified atom stereocenters. The Balaban J connectivity index is 1.89. The van der Waals surface area contributed by atoms with E-state index in [9.17, 15) is 17.6 Å². The normalized spacial score (nSPS) is 12.3. The lowest BCUT2D eigenvalue weighted by Gasteiger charge is -2.25. The van der Waals surface area contributed by atoms with Crippen molar-refractivity contribution in [3.05, 3.63) is 94.8 Å². The Hall–Kier alpha value is -3.19. The summed E-state index contributed by atoms with van der Waals surface area (Å²) in [6, 6.07) is 17.1. The number of benzene rings is 3. The van der Waals surface area contributed by atoms with Crippen molar-refractivity contribution in [1.82, 2.24) is 5.32 Å². The van der Waals surface area contributed by atoms with Crippen LogP contribution in [0.1, 0.15) is 35.2 Å². The number of nitrogens with zero attached hydrogens (tertiary/aromatic N) is 1. The minimum Gasteiger partial charge on any atom is -0.348 e. The van der Waals surface area contributed by atoms with Gasteiger partial charge in [0, 0.05) is 0 Å². The number of amides is 1. The van der Waals surface area contributed by atoms with E-state index in [0.29, 0.717) is 5.69 Å². The molecule has 0 aliphatic carbocycles. The van der Waals surface area contributed by atoms with Gasteiger partial charge in [0.15, 0.2) is 0 Å². The van der Waals surface area contributed by atoms with Gasteiger partial charge in [-0.05, 0) is 75.2 Å². The monoisotopic (exact) mass is 454 g/mol. The summed E-state index contributed by atoms with van der Waals surface area (Å²) < 4.78 is 41.1. The third kappa shape index (κ3) is 5.34. The predicted octanol–water partition coefficient (Wildman–Crippen LogP) is 4.82. The number of nitrogens with one attached hydrogen (secondary N) is 1. The lowest BCUT2D eigenvalue weighted by molar-refractivity contribution is -0.120. The Labute approximate surface area is 188 Å². The second-order valence-corrected chi connectivity index (χ2v) is 9.81. The SMILES string of the molecule is Cc1ccc(N(CC(=O)N[C@@H](C)c2ccc(C)cc2C)S(=O)(=O)c2ccc(F)cc2)cc1. The summed E-state index contributed by atoms with van der Waals surface area (Å²) in [6.45, 7) is 7.32. The molecule has 168 valence electrons. The molecule has 7 heteroatoms. The molecule has 0 spiro atoms. The third-order valence-electron chi connectivity index (χ3n) is 5.28. The second-order valence-electron chi connectivity index (χ2n) is 7.95. The highest BCUT2D eigenvalue weighted by atomic mass is 32.2. The van der Waals surface area contributed by atoms with E-state index in [1.54, 1.807) is 24.3 Å². The average molecular weight is 455 g/mol. The molecule has 0 fully saturated rings. The van der Waals surface area contributed by atoms with Gasteiger partial charge in [-0.1, -0.05) is 41.5 Å². The van der Waals surface area contributed by atoms with E-state index in [1.807, 2.05) is 45.9 Å². The molecule has 3 rings (SSSR count). The lowest BCUT2D eigenvalue weighted by atomic mass is 10.0. The molecule has 0 radical (unpaired) electrons. The van der Waals surface area contributed by atoms with Crippen LogP contribution in [0.5, 0.6) is 0 Å². The molecule has 1 atom stereocenters. The Bertz CT molecular complexity index is 1210.